The van der Waals surface area contributed by atoms with Crippen molar-refractivity contribution in [2.75, 3.05) is 6.61 Å². The van der Waals surface area contributed by atoms with Gasteiger partial charge in [0.1, 0.15) is 5.75 Å². The Morgan fingerprint density at radius 3 is 2.76 bits per heavy atom. The van der Waals surface area contributed by atoms with Gasteiger partial charge in [-0.05, 0) is 42.9 Å². The van der Waals surface area contributed by atoms with Gasteiger partial charge in [-0.3, -0.25) is 0 Å². The van der Waals surface area contributed by atoms with Crippen LogP contribution in [-0.4, -0.2) is 12.9 Å². The van der Waals surface area contributed by atoms with Crippen molar-refractivity contribution in [3.63, 3.8) is 0 Å². The van der Waals surface area contributed by atoms with Crippen LogP contribution in [0, 0.1) is 6.92 Å². The first-order valence-corrected chi connectivity index (χ1v) is 6.55. The number of hydrogen-bond acceptors (Lipinski definition) is 2. The summed E-state index contributed by atoms with van der Waals surface area (Å²) in [7, 11) is 0. The van der Waals surface area contributed by atoms with Gasteiger partial charge in [0.15, 0.2) is 6.29 Å². The molecule has 2 nitrogen and oxygen atoms in total. The van der Waals surface area contributed by atoms with E-state index >= 15 is 0 Å². The Morgan fingerprint density at radius 1 is 1.29 bits per heavy atom. The van der Waals surface area contributed by atoms with Crippen molar-refractivity contribution in [3.8, 4) is 5.75 Å². The molecule has 1 aromatic carbocycles. The summed E-state index contributed by atoms with van der Waals surface area (Å²) in [6, 6.07) is 6.43. The SMILES string of the molecule is Cc1ccc(C(C)C)c(OC2CCCCO2)c1. The quantitative estimate of drug-likeness (QED) is 0.786. The molecule has 1 fully saturated rings. The van der Waals surface area contributed by atoms with Crippen LogP contribution in [0.2, 0.25) is 0 Å². The molecule has 1 saturated heterocycles. The van der Waals surface area contributed by atoms with E-state index in [1.54, 1.807) is 0 Å². The molecule has 1 atom stereocenters. The fraction of sp³-hybridized carbons (Fsp3) is 0.600. The highest BCUT2D eigenvalue weighted by molar-refractivity contribution is 5.39. The Bertz CT molecular complexity index is 365. The highest BCUT2D eigenvalue weighted by Crippen LogP contribution is 2.29. The molecular weight excluding hydrogens is 212 g/mol. The minimum atomic E-state index is -0.0527. The summed E-state index contributed by atoms with van der Waals surface area (Å²) in [6.45, 7) is 7.31. The van der Waals surface area contributed by atoms with Gasteiger partial charge in [-0.25, -0.2) is 0 Å². The highest BCUT2D eigenvalue weighted by Gasteiger charge is 2.17. The Labute approximate surface area is 104 Å². The van der Waals surface area contributed by atoms with Gasteiger partial charge in [-0.1, -0.05) is 26.0 Å². The summed E-state index contributed by atoms with van der Waals surface area (Å²) < 4.78 is 11.6. The average molecular weight is 234 g/mol. The van der Waals surface area contributed by atoms with Gasteiger partial charge in [0.25, 0.3) is 0 Å². The molecule has 1 aliphatic rings. The number of benzene rings is 1. The Morgan fingerprint density at radius 2 is 2.12 bits per heavy atom. The van der Waals surface area contributed by atoms with Crippen LogP contribution >= 0.6 is 0 Å². The topological polar surface area (TPSA) is 18.5 Å². The molecule has 1 unspecified atom stereocenters. The standard InChI is InChI=1S/C15H22O2/c1-11(2)13-8-7-12(3)10-14(13)17-15-6-4-5-9-16-15/h7-8,10-11,15H,4-6,9H2,1-3H3. The lowest BCUT2D eigenvalue weighted by Crippen LogP contribution is -2.25. The highest BCUT2D eigenvalue weighted by atomic mass is 16.7. The van der Waals surface area contributed by atoms with Gasteiger partial charge in [0.05, 0.1) is 6.61 Å². The van der Waals surface area contributed by atoms with E-state index in [-0.39, 0.29) is 6.29 Å². The molecule has 2 rings (SSSR count). The van der Waals surface area contributed by atoms with Crippen LogP contribution in [0.3, 0.4) is 0 Å². The van der Waals surface area contributed by atoms with Gasteiger partial charge in [0.2, 0.25) is 0 Å². The van der Waals surface area contributed by atoms with Crippen LogP contribution in [0.5, 0.6) is 5.75 Å². The molecule has 0 bridgehead atoms. The van der Waals surface area contributed by atoms with E-state index in [0.717, 1.165) is 25.2 Å². The summed E-state index contributed by atoms with van der Waals surface area (Å²) >= 11 is 0. The Kier molecular flexibility index (Phi) is 4.06. The minimum absolute atomic E-state index is 0.0527. The summed E-state index contributed by atoms with van der Waals surface area (Å²) in [5.41, 5.74) is 2.50. The average Bonchev–Trinajstić information content (AvgIpc) is 2.30. The molecule has 94 valence electrons. The number of aryl methyl sites for hydroxylation is 1. The molecule has 0 saturated carbocycles. The zero-order valence-corrected chi connectivity index (χ0v) is 11.0. The molecule has 1 aliphatic heterocycles. The Balaban J connectivity index is 2.14. The third-order valence-corrected chi connectivity index (χ3v) is 3.19. The summed E-state index contributed by atoms with van der Waals surface area (Å²) in [6.07, 6.45) is 3.31. The molecule has 1 heterocycles. The van der Waals surface area contributed by atoms with E-state index in [9.17, 15) is 0 Å². The Hall–Kier alpha value is -1.02. The van der Waals surface area contributed by atoms with Crippen molar-refractivity contribution >= 4 is 0 Å². The first-order chi connectivity index (χ1) is 8.16. The molecular formula is C15H22O2. The maximum absolute atomic E-state index is 6.01. The predicted octanol–water partition coefficient (Wildman–Crippen LogP) is 4.02. The fourth-order valence-electron chi connectivity index (χ4n) is 2.17. The van der Waals surface area contributed by atoms with Gasteiger partial charge < -0.3 is 9.47 Å². The zero-order valence-electron chi connectivity index (χ0n) is 11.0. The maximum atomic E-state index is 6.01. The number of ether oxygens (including phenoxy) is 2. The third kappa shape index (κ3) is 3.22. The second-order valence-electron chi connectivity index (χ2n) is 5.11. The predicted molar refractivity (Wildman–Crippen MR) is 69.5 cm³/mol. The van der Waals surface area contributed by atoms with Gasteiger partial charge in [-0.2, -0.15) is 0 Å². The summed E-state index contributed by atoms with van der Waals surface area (Å²) in [4.78, 5) is 0. The van der Waals surface area contributed by atoms with Crippen molar-refractivity contribution in [1.82, 2.24) is 0 Å². The third-order valence-electron chi connectivity index (χ3n) is 3.19. The number of hydrogen-bond donors (Lipinski definition) is 0. The smallest absolute Gasteiger partial charge is 0.199 e. The van der Waals surface area contributed by atoms with E-state index in [4.69, 9.17) is 9.47 Å². The van der Waals surface area contributed by atoms with E-state index < -0.39 is 0 Å². The van der Waals surface area contributed by atoms with E-state index in [2.05, 4.69) is 39.0 Å². The molecule has 0 aliphatic carbocycles. The summed E-state index contributed by atoms with van der Waals surface area (Å²) in [5, 5.41) is 0. The van der Waals surface area contributed by atoms with Gasteiger partial charge >= 0.3 is 0 Å². The van der Waals surface area contributed by atoms with Crippen molar-refractivity contribution < 1.29 is 9.47 Å². The van der Waals surface area contributed by atoms with E-state index in [1.807, 2.05) is 0 Å². The van der Waals surface area contributed by atoms with Crippen LogP contribution in [-0.2, 0) is 4.74 Å². The first kappa shape index (κ1) is 12.4. The van der Waals surface area contributed by atoms with Gasteiger partial charge in [0, 0.05) is 6.42 Å². The lowest BCUT2D eigenvalue weighted by atomic mass is 10.0. The molecule has 0 N–H and O–H groups in total. The summed E-state index contributed by atoms with van der Waals surface area (Å²) in [5.74, 6) is 1.47. The van der Waals surface area contributed by atoms with Crippen molar-refractivity contribution in [3.05, 3.63) is 29.3 Å². The first-order valence-electron chi connectivity index (χ1n) is 6.55. The van der Waals surface area contributed by atoms with Gasteiger partial charge in [-0.15, -0.1) is 0 Å². The van der Waals surface area contributed by atoms with Crippen molar-refractivity contribution in [2.45, 2.75) is 52.2 Å². The van der Waals surface area contributed by atoms with E-state index in [1.165, 1.54) is 17.5 Å². The molecule has 0 aromatic heterocycles. The molecule has 2 heteroatoms. The second-order valence-corrected chi connectivity index (χ2v) is 5.11. The zero-order chi connectivity index (χ0) is 12.3. The maximum Gasteiger partial charge on any atom is 0.199 e. The van der Waals surface area contributed by atoms with Crippen LogP contribution in [0.15, 0.2) is 18.2 Å². The van der Waals surface area contributed by atoms with Crippen LogP contribution in [0.1, 0.15) is 50.2 Å². The van der Waals surface area contributed by atoms with E-state index in [0.29, 0.717) is 5.92 Å². The van der Waals surface area contributed by atoms with Crippen LogP contribution < -0.4 is 4.74 Å². The molecule has 0 spiro atoms. The van der Waals surface area contributed by atoms with Crippen LogP contribution in [0.25, 0.3) is 0 Å². The lowest BCUT2D eigenvalue weighted by molar-refractivity contribution is -0.106. The minimum Gasteiger partial charge on any atom is -0.465 e. The molecule has 17 heavy (non-hydrogen) atoms. The number of rotatable bonds is 3. The normalized spacial score (nSPS) is 20.6. The van der Waals surface area contributed by atoms with Crippen LogP contribution in [0.4, 0.5) is 0 Å². The molecule has 0 radical (unpaired) electrons. The monoisotopic (exact) mass is 234 g/mol. The molecule has 1 aromatic rings. The lowest BCUT2D eigenvalue weighted by Gasteiger charge is -2.25. The molecule has 0 amide bonds. The second kappa shape index (κ2) is 5.54. The largest absolute Gasteiger partial charge is 0.465 e. The van der Waals surface area contributed by atoms with Crippen molar-refractivity contribution in [2.24, 2.45) is 0 Å². The fourth-order valence-corrected chi connectivity index (χ4v) is 2.17. The van der Waals surface area contributed by atoms with Crippen molar-refractivity contribution in [1.29, 1.82) is 0 Å².